The van der Waals surface area contributed by atoms with Crippen molar-refractivity contribution in [2.45, 2.75) is 71.3 Å². The Bertz CT molecular complexity index is 255. The lowest BCUT2D eigenvalue weighted by atomic mass is 10.1. The number of unbranched alkanes of at least 4 members (excludes halogenated alkanes) is 6. The van der Waals surface area contributed by atoms with E-state index in [1.54, 1.807) is 7.05 Å². The van der Waals surface area contributed by atoms with E-state index in [0.717, 1.165) is 12.8 Å². The van der Waals surface area contributed by atoms with Crippen LogP contribution >= 0.6 is 0 Å². The van der Waals surface area contributed by atoms with E-state index in [0.29, 0.717) is 13.0 Å². The van der Waals surface area contributed by atoms with Gasteiger partial charge in [-0.3, -0.25) is 9.59 Å². The summed E-state index contributed by atoms with van der Waals surface area (Å²) in [5, 5.41) is 5.69. The smallest absolute Gasteiger partial charge is 0.220 e. The third-order valence-corrected chi connectivity index (χ3v) is 3.35. The number of carbonyl (C=O) groups excluding carboxylic acids is 2. The molecule has 0 unspecified atom stereocenters. The van der Waals surface area contributed by atoms with Crippen LogP contribution in [0.15, 0.2) is 0 Å². The zero-order chi connectivity index (χ0) is 14.5. The number of carbonyl (C=O) groups is 2. The van der Waals surface area contributed by atoms with Crippen LogP contribution in [-0.2, 0) is 9.59 Å². The van der Waals surface area contributed by atoms with Crippen LogP contribution in [0.1, 0.15) is 65.2 Å². The molecule has 1 atom stereocenters. The summed E-state index contributed by atoms with van der Waals surface area (Å²) in [6, 6.07) is -0.266. The van der Waals surface area contributed by atoms with Crippen molar-refractivity contribution in [1.82, 2.24) is 10.6 Å². The summed E-state index contributed by atoms with van der Waals surface area (Å²) in [4.78, 5) is 22.7. The van der Waals surface area contributed by atoms with Crippen molar-refractivity contribution >= 4 is 11.7 Å². The molecule has 19 heavy (non-hydrogen) atoms. The molecular weight excluding hydrogens is 240 g/mol. The molecule has 0 aliphatic carbocycles. The second kappa shape index (κ2) is 12.2. The largest absolute Gasteiger partial charge is 0.354 e. The van der Waals surface area contributed by atoms with Crippen LogP contribution in [0.3, 0.4) is 0 Å². The first kappa shape index (κ1) is 18.1. The molecule has 0 radical (unpaired) electrons. The Hall–Kier alpha value is -0.900. The Morgan fingerprint density at radius 1 is 1.00 bits per heavy atom. The SMILES string of the molecule is CCCCCCCCCC(=O)NC[C@H](NC)C(C)=O. The second-order valence-electron chi connectivity index (χ2n) is 5.13. The first-order chi connectivity index (χ1) is 9.11. The molecule has 0 aliphatic heterocycles. The average molecular weight is 270 g/mol. The fraction of sp³-hybridized carbons (Fsp3) is 0.867. The highest BCUT2D eigenvalue weighted by molar-refractivity contribution is 5.83. The Morgan fingerprint density at radius 2 is 1.58 bits per heavy atom. The molecule has 0 fully saturated rings. The van der Waals surface area contributed by atoms with Crippen molar-refractivity contribution in [3.8, 4) is 0 Å². The highest BCUT2D eigenvalue weighted by atomic mass is 16.1. The number of rotatable bonds is 12. The Kier molecular flexibility index (Phi) is 11.6. The normalized spacial score (nSPS) is 12.2. The molecule has 0 spiro atoms. The zero-order valence-corrected chi connectivity index (χ0v) is 12.8. The molecule has 4 nitrogen and oxygen atoms in total. The predicted octanol–water partition coefficient (Wildman–Crippen LogP) is 2.42. The van der Waals surface area contributed by atoms with Gasteiger partial charge in [-0.05, 0) is 20.4 Å². The van der Waals surface area contributed by atoms with Crippen LogP contribution < -0.4 is 10.6 Å². The summed E-state index contributed by atoms with van der Waals surface area (Å²) in [6.07, 6.45) is 9.04. The molecule has 0 aromatic carbocycles. The number of hydrogen-bond acceptors (Lipinski definition) is 3. The number of hydrogen-bond donors (Lipinski definition) is 2. The maximum absolute atomic E-state index is 11.6. The molecule has 0 aromatic heterocycles. The topological polar surface area (TPSA) is 58.2 Å². The van der Waals surface area contributed by atoms with Gasteiger partial charge in [-0.1, -0.05) is 45.4 Å². The summed E-state index contributed by atoms with van der Waals surface area (Å²) in [5.41, 5.74) is 0. The van der Waals surface area contributed by atoms with Gasteiger partial charge in [0.15, 0.2) is 0 Å². The first-order valence-electron chi connectivity index (χ1n) is 7.56. The molecule has 112 valence electrons. The van der Waals surface area contributed by atoms with Crippen LogP contribution in [0, 0.1) is 0 Å². The third kappa shape index (κ3) is 10.7. The van der Waals surface area contributed by atoms with Crippen molar-refractivity contribution in [3.05, 3.63) is 0 Å². The van der Waals surface area contributed by atoms with E-state index in [4.69, 9.17) is 0 Å². The van der Waals surface area contributed by atoms with Crippen LogP contribution in [-0.4, -0.2) is 31.3 Å². The summed E-state index contributed by atoms with van der Waals surface area (Å²) >= 11 is 0. The minimum absolute atomic E-state index is 0.0510. The highest BCUT2D eigenvalue weighted by Gasteiger charge is 2.12. The van der Waals surface area contributed by atoms with Gasteiger partial charge in [-0.25, -0.2) is 0 Å². The number of nitrogens with one attached hydrogen (secondary N) is 2. The fourth-order valence-corrected chi connectivity index (χ4v) is 2.00. The summed E-state index contributed by atoms with van der Waals surface area (Å²) in [5.74, 6) is 0.105. The Balaban J connectivity index is 3.46. The molecule has 0 rings (SSSR count). The Labute approximate surface area is 117 Å². The average Bonchev–Trinajstić information content (AvgIpc) is 2.38. The molecule has 0 aliphatic rings. The summed E-state index contributed by atoms with van der Waals surface area (Å²) in [7, 11) is 1.73. The number of Topliss-reactive ketones (excluding diaryl/α,β-unsaturated/α-hetero) is 1. The Morgan fingerprint density at radius 3 is 2.11 bits per heavy atom. The molecule has 4 heteroatoms. The summed E-state index contributed by atoms with van der Waals surface area (Å²) in [6.45, 7) is 4.13. The van der Waals surface area contributed by atoms with Gasteiger partial charge in [0.05, 0.1) is 6.04 Å². The molecule has 0 bridgehead atoms. The minimum Gasteiger partial charge on any atom is -0.354 e. The standard InChI is InChI=1S/C15H30N2O2/c1-4-5-6-7-8-9-10-11-15(19)17-12-14(16-3)13(2)18/h14,16H,4-12H2,1-3H3,(H,17,19)/t14-/m0/s1. The van der Waals surface area contributed by atoms with E-state index in [1.807, 2.05) is 0 Å². The molecule has 0 aromatic rings. The van der Waals surface area contributed by atoms with Gasteiger partial charge in [0.2, 0.25) is 5.91 Å². The monoisotopic (exact) mass is 270 g/mol. The fourth-order valence-electron chi connectivity index (χ4n) is 2.00. The van der Waals surface area contributed by atoms with Crippen molar-refractivity contribution in [3.63, 3.8) is 0 Å². The number of amides is 1. The van der Waals surface area contributed by atoms with E-state index in [1.165, 1.54) is 39.0 Å². The lowest BCUT2D eigenvalue weighted by Crippen LogP contribution is -2.43. The van der Waals surface area contributed by atoms with Gasteiger partial charge >= 0.3 is 0 Å². The van der Waals surface area contributed by atoms with Gasteiger partial charge in [-0.15, -0.1) is 0 Å². The molecule has 0 heterocycles. The van der Waals surface area contributed by atoms with E-state index in [-0.39, 0.29) is 17.7 Å². The van der Waals surface area contributed by atoms with E-state index in [9.17, 15) is 9.59 Å². The van der Waals surface area contributed by atoms with Crippen LogP contribution in [0.5, 0.6) is 0 Å². The summed E-state index contributed by atoms with van der Waals surface area (Å²) < 4.78 is 0. The second-order valence-corrected chi connectivity index (χ2v) is 5.13. The van der Waals surface area contributed by atoms with Crippen molar-refractivity contribution in [2.24, 2.45) is 0 Å². The van der Waals surface area contributed by atoms with Gasteiger partial charge in [0.25, 0.3) is 0 Å². The van der Waals surface area contributed by atoms with Gasteiger partial charge < -0.3 is 10.6 Å². The van der Waals surface area contributed by atoms with E-state index >= 15 is 0 Å². The van der Waals surface area contributed by atoms with Crippen LogP contribution in [0.4, 0.5) is 0 Å². The van der Waals surface area contributed by atoms with Gasteiger partial charge in [0, 0.05) is 13.0 Å². The molecule has 0 saturated heterocycles. The number of likely N-dealkylation sites (N-methyl/N-ethyl adjacent to an activating group) is 1. The molecule has 2 N–H and O–H groups in total. The molecule has 1 amide bonds. The quantitative estimate of drug-likeness (QED) is 0.535. The maximum atomic E-state index is 11.6. The van der Waals surface area contributed by atoms with Gasteiger partial charge in [0.1, 0.15) is 5.78 Å². The third-order valence-electron chi connectivity index (χ3n) is 3.35. The van der Waals surface area contributed by atoms with Gasteiger partial charge in [-0.2, -0.15) is 0 Å². The predicted molar refractivity (Wildman–Crippen MR) is 79.1 cm³/mol. The van der Waals surface area contributed by atoms with Crippen molar-refractivity contribution in [2.75, 3.05) is 13.6 Å². The maximum Gasteiger partial charge on any atom is 0.220 e. The first-order valence-corrected chi connectivity index (χ1v) is 7.56. The lowest BCUT2D eigenvalue weighted by molar-refractivity contribution is -0.122. The van der Waals surface area contributed by atoms with E-state index in [2.05, 4.69) is 17.6 Å². The van der Waals surface area contributed by atoms with Crippen LogP contribution in [0.25, 0.3) is 0 Å². The highest BCUT2D eigenvalue weighted by Crippen LogP contribution is 2.08. The molecule has 0 saturated carbocycles. The van der Waals surface area contributed by atoms with Crippen molar-refractivity contribution in [1.29, 1.82) is 0 Å². The van der Waals surface area contributed by atoms with Crippen LogP contribution in [0.2, 0.25) is 0 Å². The molecular formula is C15H30N2O2. The lowest BCUT2D eigenvalue weighted by Gasteiger charge is -2.13. The number of ketones is 1. The minimum atomic E-state index is -0.266. The van der Waals surface area contributed by atoms with Crippen molar-refractivity contribution < 1.29 is 9.59 Å². The van der Waals surface area contributed by atoms with E-state index < -0.39 is 0 Å². The zero-order valence-electron chi connectivity index (χ0n) is 12.8.